The van der Waals surface area contributed by atoms with Crippen molar-refractivity contribution in [1.82, 2.24) is 0 Å². The van der Waals surface area contributed by atoms with Crippen LogP contribution in [0.1, 0.15) is 15.9 Å². The first-order valence-corrected chi connectivity index (χ1v) is 9.27. The van der Waals surface area contributed by atoms with E-state index in [2.05, 4.69) is 27.3 Å². The largest absolute Gasteiger partial charge is 0.478 e. The predicted molar refractivity (Wildman–Crippen MR) is 111 cm³/mol. The summed E-state index contributed by atoms with van der Waals surface area (Å²) in [5, 5.41) is 12.3. The van der Waals surface area contributed by atoms with Crippen LogP contribution < -0.4 is 5.32 Å². The second-order valence-electron chi connectivity index (χ2n) is 6.25. The van der Waals surface area contributed by atoms with Gasteiger partial charge in [-0.1, -0.05) is 70.6 Å². The van der Waals surface area contributed by atoms with Gasteiger partial charge >= 0.3 is 5.97 Å². The SMILES string of the molecule is O=C(O)c1cccc(NC2=N[C@@H]3C=CC(Br)=C[C@@H]3C(c3ccccc3)=N2)c1. The number of fused-ring (bicyclic) bond motifs is 1. The molecule has 0 aromatic heterocycles. The highest BCUT2D eigenvalue weighted by atomic mass is 79.9. The number of anilines is 1. The van der Waals surface area contributed by atoms with Gasteiger partial charge in [-0.15, -0.1) is 0 Å². The summed E-state index contributed by atoms with van der Waals surface area (Å²) in [6.45, 7) is 0. The van der Waals surface area contributed by atoms with Crippen LogP contribution >= 0.6 is 15.9 Å². The fourth-order valence-electron chi connectivity index (χ4n) is 3.14. The zero-order valence-corrected chi connectivity index (χ0v) is 15.8. The molecule has 6 heteroatoms. The molecular formula is C21H16BrN3O2. The number of hydrogen-bond donors (Lipinski definition) is 2. The Morgan fingerprint density at radius 1 is 1.11 bits per heavy atom. The summed E-state index contributed by atoms with van der Waals surface area (Å²) in [4.78, 5) is 20.6. The van der Waals surface area contributed by atoms with Crippen molar-refractivity contribution >= 4 is 39.3 Å². The minimum atomic E-state index is -0.969. The maximum absolute atomic E-state index is 11.2. The van der Waals surface area contributed by atoms with Crippen LogP contribution in [0.3, 0.4) is 0 Å². The fraction of sp³-hybridized carbons (Fsp3) is 0.0952. The number of carboxylic acids is 1. The average Bonchev–Trinajstić information content (AvgIpc) is 2.68. The molecule has 2 aromatic rings. The van der Waals surface area contributed by atoms with Gasteiger partial charge in [-0.3, -0.25) is 0 Å². The van der Waals surface area contributed by atoms with Crippen LogP contribution in [-0.2, 0) is 0 Å². The standard InChI is InChI=1S/C21H16BrN3O2/c22-15-9-10-18-17(12-15)19(13-5-2-1-3-6-13)25-21(24-18)23-16-8-4-7-14(11-16)20(26)27/h1-12,17-18H,(H,23,24)(H,26,27)/t17-,18+/m0/s1. The van der Waals surface area contributed by atoms with E-state index in [1.54, 1.807) is 24.3 Å². The molecule has 1 heterocycles. The van der Waals surface area contributed by atoms with Gasteiger partial charge < -0.3 is 10.4 Å². The molecule has 5 nitrogen and oxygen atoms in total. The van der Waals surface area contributed by atoms with Crippen LogP contribution in [0.5, 0.6) is 0 Å². The first-order chi connectivity index (χ1) is 13.1. The lowest BCUT2D eigenvalue weighted by Gasteiger charge is -2.28. The molecule has 0 radical (unpaired) electrons. The molecule has 2 aliphatic rings. The Bertz CT molecular complexity index is 1010. The minimum absolute atomic E-state index is 0.0441. The predicted octanol–water partition coefficient (Wildman–Crippen LogP) is 4.49. The Balaban J connectivity index is 1.71. The lowest BCUT2D eigenvalue weighted by Crippen LogP contribution is -2.34. The van der Waals surface area contributed by atoms with Gasteiger partial charge in [0.05, 0.1) is 17.3 Å². The number of carbonyl (C=O) groups is 1. The molecule has 1 aliphatic carbocycles. The number of aromatic carboxylic acids is 1. The molecule has 0 saturated carbocycles. The van der Waals surface area contributed by atoms with E-state index in [1.807, 2.05) is 42.5 Å². The van der Waals surface area contributed by atoms with E-state index < -0.39 is 5.97 Å². The number of halogens is 1. The van der Waals surface area contributed by atoms with Gasteiger partial charge in [0.15, 0.2) is 0 Å². The molecular weight excluding hydrogens is 406 g/mol. The van der Waals surface area contributed by atoms with Crippen LogP contribution in [0.15, 0.2) is 87.3 Å². The Kier molecular flexibility index (Phi) is 4.73. The van der Waals surface area contributed by atoms with Crippen molar-refractivity contribution < 1.29 is 9.90 Å². The molecule has 2 N–H and O–H groups in total. The Morgan fingerprint density at radius 2 is 1.93 bits per heavy atom. The summed E-state index contributed by atoms with van der Waals surface area (Å²) >= 11 is 3.54. The van der Waals surface area contributed by atoms with Crippen molar-refractivity contribution in [2.45, 2.75) is 6.04 Å². The number of aliphatic imine (C=N–C) groups is 2. The number of carboxylic acid groups (broad SMARTS) is 1. The maximum atomic E-state index is 11.2. The van der Waals surface area contributed by atoms with Gasteiger partial charge in [0.2, 0.25) is 5.96 Å². The Morgan fingerprint density at radius 3 is 2.70 bits per heavy atom. The number of guanidine groups is 1. The number of hydrogen-bond acceptors (Lipinski definition) is 4. The van der Waals surface area contributed by atoms with Crippen LogP contribution in [0.2, 0.25) is 0 Å². The van der Waals surface area contributed by atoms with E-state index in [1.165, 1.54) is 0 Å². The van der Waals surface area contributed by atoms with Gasteiger partial charge in [-0.2, -0.15) is 0 Å². The molecule has 0 bridgehead atoms. The molecule has 0 fully saturated rings. The van der Waals surface area contributed by atoms with E-state index in [9.17, 15) is 9.90 Å². The normalized spacial score (nSPS) is 20.9. The molecule has 2 aromatic carbocycles. The molecule has 2 atom stereocenters. The molecule has 27 heavy (non-hydrogen) atoms. The third-order valence-corrected chi connectivity index (χ3v) is 4.94. The maximum Gasteiger partial charge on any atom is 0.335 e. The van der Waals surface area contributed by atoms with Crippen molar-refractivity contribution in [2.75, 3.05) is 5.32 Å². The average molecular weight is 422 g/mol. The van der Waals surface area contributed by atoms with Crippen LogP contribution in [-0.4, -0.2) is 28.8 Å². The first kappa shape index (κ1) is 17.4. The zero-order valence-electron chi connectivity index (χ0n) is 14.2. The zero-order chi connectivity index (χ0) is 18.8. The fourth-order valence-corrected chi connectivity index (χ4v) is 3.58. The summed E-state index contributed by atoms with van der Waals surface area (Å²) < 4.78 is 1.01. The highest BCUT2D eigenvalue weighted by molar-refractivity contribution is 9.11. The number of benzene rings is 2. The summed E-state index contributed by atoms with van der Waals surface area (Å²) in [5.74, 6) is -0.459. The monoisotopic (exact) mass is 421 g/mol. The third-order valence-electron chi connectivity index (χ3n) is 4.41. The Hall–Kier alpha value is -2.99. The van der Waals surface area contributed by atoms with Gasteiger partial charge in [0, 0.05) is 16.1 Å². The number of nitrogens with zero attached hydrogens (tertiary/aromatic N) is 2. The molecule has 0 saturated heterocycles. The summed E-state index contributed by atoms with van der Waals surface area (Å²) in [7, 11) is 0. The number of rotatable bonds is 3. The van der Waals surface area contributed by atoms with E-state index in [0.29, 0.717) is 11.6 Å². The van der Waals surface area contributed by atoms with Crippen molar-refractivity contribution in [3.8, 4) is 0 Å². The Labute approximate surface area is 165 Å². The van der Waals surface area contributed by atoms with Crippen molar-refractivity contribution in [1.29, 1.82) is 0 Å². The van der Waals surface area contributed by atoms with Crippen molar-refractivity contribution in [2.24, 2.45) is 15.9 Å². The molecule has 0 spiro atoms. The summed E-state index contributed by atoms with van der Waals surface area (Å²) in [6.07, 6.45) is 6.14. The molecule has 4 rings (SSSR count). The highest BCUT2D eigenvalue weighted by Crippen LogP contribution is 2.30. The minimum Gasteiger partial charge on any atom is -0.478 e. The topological polar surface area (TPSA) is 74.0 Å². The second kappa shape index (κ2) is 7.32. The smallest absolute Gasteiger partial charge is 0.335 e. The van der Waals surface area contributed by atoms with Crippen LogP contribution in [0.4, 0.5) is 5.69 Å². The number of nitrogens with one attached hydrogen (secondary N) is 1. The van der Waals surface area contributed by atoms with Crippen LogP contribution in [0, 0.1) is 5.92 Å². The lowest BCUT2D eigenvalue weighted by atomic mass is 9.86. The van der Waals surface area contributed by atoms with Crippen LogP contribution in [0.25, 0.3) is 0 Å². The quantitative estimate of drug-likeness (QED) is 0.766. The lowest BCUT2D eigenvalue weighted by molar-refractivity contribution is 0.0697. The van der Waals surface area contributed by atoms with Gasteiger partial charge in [0.25, 0.3) is 0 Å². The molecule has 1 aliphatic heterocycles. The molecule has 0 unspecified atom stereocenters. The van der Waals surface area contributed by atoms with E-state index >= 15 is 0 Å². The van der Waals surface area contributed by atoms with Gasteiger partial charge in [-0.05, 0) is 23.8 Å². The van der Waals surface area contributed by atoms with Crippen molar-refractivity contribution in [3.63, 3.8) is 0 Å². The molecule has 0 amide bonds. The summed E-state index contributed by atoms with van der Waals surface area (Å²) in [5.41, 5.74) is 2.81. The van der Waals surface area contributed by atoms with Gasteiger partial charge in [-0.25, -0.2) is 14.8 Å². The highest BCUT2D eigenvalue weighted by Gasteiger charge is 2.30. The third kappa shape index (κ3) is 3.75. The van der Waals surface area contributed by atoms with E-state index in [0.717, 1.165) is 15.8 Å². The summed E-state index contributed by atoms with van der Waals surface area (Å²) in [6, 6.07) is 16.6. The molecule has 134 valence electrons. The van der Waals surface area contributed by atoms with E-state index in [-0.39, 0.29) is 17.5 Å². The second-order valence-corrected chi connectivity index (χ2v) is 7.17. The van der Waals surface area contributed by atoms with E-state index in [4.69, 9.17) is 9.98 Å². The number of allylic oxidation sites excluding steroid dienone is 2. The van der Waals surface area contributed by atoms with Gasteiger partial charge in [0.1, 0.15) is 0 Å². The van der Waals surface area contributed by atoms with Crippen molar-refractivity contribution in [3.05, 3.63) is 88.4 Å². The first-order valence-electron chi connectivity index (χ1n) is 8.48.